The average molecular weight is 510 g/mol. The second-order valence-corrected chi connectivity index (χ2v) is 10.5. The molecule has 190 valence electrons. The van der Waals surface area contributed by atoms with E-state index in [0.717, 1.165) is 31.4 Å². The summed E-state index contributed by atoms with van der Waals surface area (Å²) < 4.78 is 6.99. The maximum Gasteiger partial charge on any atom is 0.241 e. The summed E-state index contributed by atoms with van der Waals surface area (Å²) in [5.41, 5.74) is 0.461. The number of carbonyl (C=O) groups is 1. The number of rotatable bonds is 18. The van der Waals surface area contributed by atoms with E-state index in [-0.39, 0.29) is 11.2 Å². The Morgan fingerprint density at radius 1 is 1.06 bits per heavy atom. The molecule has 2 heterocycles. The van der Waals surface area contributed by atoms with Gasteiger partial charge in [-0.2, -0.15) is 4.98 Å². The van der Waals surface area contributed by atoms with Crippen LogP contribution < -0.4 is 10.1 Å². The smallest absolute Gasteiger partial charge is 0.241 e. The maximum atomic E-state index is 13.4. The lowest BCUT2D eigenvalue weighted by atomic mass is 10.1. The second kappa shape index (κ2) is 16.7. The van der Waals surface area contributed by atoms with Gasteiger partial charge in [-0.1, -0.05) is 71.6 Å². The summed E-state index contributed by atoms with van der Waals surface area (Å²) in [6.45, 7) is 4.44. The molecule has 0 aromatic carbocycles. The largest absolute Gasteiger partial charge is 0.479 e. The number of thioether (sulfide) groups is 1. The van der Waals surface area contributed by atoms with Crippen molar-refractivity contribution >= 4 is 35.1 Å². The van der Waals surface area contributed by atoms with Crippen LogP contribution in [0.25, 0.3) is 0 Å². The van der Waals surface area contributed by atoms with Crippen molar-refractivity contribution in [2.24, 2.45) is 7.05 Å². The summed E-state index contributed by atoms with van der Waals surface area (Å²) >= 11 is 3.02. The van der Waals surface area contributed by atoms with Crippen molar-refractivity contribution in [2.45, 2.75) is 99.9 Å². The lowest BCUT2D eigenvalue weighted by Crippen LogP contribution is -2.26. The Morgan fingerprint density at radius 2 is 1.76 bits per heavy atom. The van der Waals surface area contributed by atoms with E-state index < -0.39 is 0 Å². The summed E-state index contributed by atoms with van der Waals surface area (Å²) in [5.74, 6) is 1.29. The molecule has 0 spiro atoms. The Labute approximate surface area is 212 Å². The first-order chi connectivity index (χ1) is 16.6. The predicted octanol–water partition coefficient (Wildman–Crippen LogP) is 5.53. The summed E-state index contributed by atoms with van der Waals surface area (Å²) in [7, 11) is 3.29. The van der Waals surface area contributed by atoms with E-state index in [1.54, 1.807) is 23.5 Å². The van der Waals surface area contributed by atoms with Gasteiger partial charge in [0, 0.05) is 7.05 Å². The van der Waals surface area contributed by atoms with Crippen LogP contribution >= 0.6 is 23.5 Å². The predicted molar refractivity (Wildman–Crippen MR) is 139 cm³/mol. The van der Waals surface area contributed by atoms with E-state index in [2.05, 4.69) is 44.7 Å². The number of hydrogen-bond donors (Lipinski definition) is 1. The van der Waals surface area contributed by atoms with Crippen molar-refractivity contribution < 1.29 is 9.53 Å². The fourth-order valence-corrected chi connectivity index (χ4v) is 5.40. The lowest BCUT2D eigenvalue weighted by molar-refractivity contribution is -0.115. The van der Waals surface area contributed by atoms with Crippen LogP contribution in [0.3, 0.4) is 0 Å². The first-order valence-corrected chi connectivity index (χ1v) is 14.2. The van der Waals surface area contributed by atoms with Crippen LogP contribution in [-0.4, -0.2) is 54.2 Å². The molecule has 9 nitrogen and oxygen atoms in total. The highest BCUT2D eigenvalue weighted by atomic mass is 32.2. The SMILES string of the molecule is CCCCCCCCC(SCCCCCC)C(=O)Nc1c(OC)ncnc1Sc1nnnn1C. The third-order valence-corrected chi connectivity index (χ3v) is 7.83. The lowest BCUT2D eigenvalue weighted by Gasteiger charge is -2.18. The zero-order valence-electron chi connectivity index (χ0n) is 21.0. The molecule has 2 aromatic rings. The highest BCUT2D eigenvalue weighted by Gasteiger charge is 2.24. The van der Waals surface area contributed by atoms with Crippen molar-refractivity contribution in [1.29, 1.82) is 0 Å². The summed E-state index contributed by atoms with van der Waals surface area (Å²) in [6, 6.07) is 0. The number of methoxy groups -OCH3 is 1. The van der Waals surface area contributed by atoms with Crippen molar-refractivity contribution in [3.05, 3.63) is 6.33 Å². The highest BCUT2D eigenvalue weighted by molar-refractivity contribution is 8.00. The number of ether oxygens (including phenoxy) is 1. The molecule has 0 aliphatic heterocycles. The van der Waals surface area contributed by atoms with Crippen molar-refractivity contribution in [1.82, 2.24) is 30.2 Å². The van der Waals surface area contributed by atoms with Crippen LogP contribution in [0, 0.1) is 0 Å². The van der Waals surface area contributed by atoms with Gasteiger partial charge in [0.25, 0.3) is 0 Å². The van der Waals surface area contributed by atoms with Crippen LogP contribution in [0.2, 0.25) is 0 Å². The van der Waals surface area contributed by atoms with Crippen LogP contribution in [-0.2, 0) is 11.8 Å². The van der Waals surface area contributed by atoms with Crippen molar-refractivity contribution in [3.63, 3.8) is 0 Å². The van der Waals surface area contributed by atoms with E-state index in [9.17, 15) is 4.79 Å². The van der Waals surface area contributed by atoms with E-state index in [1.807, 2.05) is 0 Å². The average Bonchev–Trinajstić information content (AvgIpc) is 3.24. The molecule has 2 aromatic heterocycles. The Bertz CT molecular complexity index is 850. The number of amides is 1. The number of nitrogens with zero attached hydrogens (tertiary/aromatic N) is 6. The molecular weight excluding hydrogens is 470 g/mol. The summed E-state index contributed by atoms with van der Waals surface area (Å²) in [5, 5.41) is 15.6. The number of tetrazole rings is 1. The minimum absolute atomic E-state index is 0.0277. The molecule has 34 heavy (non-hydrogen) atoms. The van der Waals surface area contributed by atoms with E-state index in [4.69, 9.17) is 4.74 Å². The van der Waals surface area contributed by atoms with Gasteiger partial charge in [-0.3, -0.25) is 4.79 Å². The molecular formula is C23H39N7O2S2. The number of aromatic nitrogens is 6. The fourth-order valence-electron chi connectivity index (χ4n) is 3.45. The van der Waals surface area contributed by atoms with Gasteiger partial charge < -0.3 is 10.1 Å². The third-order valence-electron chi connectivity index (χ3n) is 5.42. The number of carbonyl (C=O) groups excluding carboxylic acids is 1. The Kier molecular flexibility index (Phi) is 13.9. The maximum absolute atomic E-state index is 13.4. The minimum Gasteiger partial charge on any atom is -0.479 e. The van der Waals surface area contributed by atoms with Crippen molar-refractivity contribution in [2.75, 3.05) is 18.2 Å². The molecule has 1 unspecified atom stereocenters. The van der Waals surface area contributed by atoms with Gasteiger partial charge in [-0.05, 0) is 40.8 Å². The number of aryl methyl sites for hydroxylation is 1. The molecule has 1 amide bonds. The van der Waals surface area contributed by atoms with Gasteiger partial charge in [-0.15, -0.1) is 16.9 Å². The molecule has 0 aliphatic rings. The number of hydrogen-bond acceptors (Lipinski definition) is 9. The number of anilines is 1. The first kappa shape index (κ1) is 28.4. The van der Waals surface area contributed by atoms with Crippen LogP contribution in [0.4, 0.5) is 5.69 Å². The third kappa shape index (κ3) is 9.77. The van der Waals surface area contributed by atoms with Crippen LogP contribution in [0.15, 0.2) is 16.5 Å². The second-order valence-electron chi connectivity index (χ2n) is 8.22. The fraction of sp³-hybridized carbons (Fsp3) is 0.739. The van der Waals surface area contributed by atoms with Crippen molar-refractivity contribution in [3.8, 4) is 5.88 Å². The van der Waals surface area contributed by atoms with Gasteiger partial charge in [-0.25, -0.2) is 9.67 Å². The highest BCUT2D eigenvalue weighted by Crippen LogP contribution is 2.35. The summed E-state index contributed by atoms with van der Waals surface area (Å²) in [6.07, 6.45) is 14.3. The van der Waals surface area contributed by atoms with Crippen LogP contribution in [0.1, 0.15) is 84.5 Å². The van der Waals surface area contributed by atoms with Gasteiger partial charge in [0.2, 0.25) is 16.9 Å². The topological polar surface area (TPSA) is 108 Å². The Hall–Kier alpha value is -1.88. The zero-order chi connectivity index (χ0) is 24.6. The normalized spacial score (nSPS) is 12.0. The molecule has 2 rings (SSSR count). The first-order valence-electron chi connectivity index (χ1n) is 12.3. The van der Waals surface area contributed by atoms with Gasteiger partial charge >= 0.3 is 0 Å². The molecule has 0 bridgehead atoms. The number of nitrogens with one attached hydrogen (secondary N) is 1. The molecule has 0 saturated heterocycles. The molecule has 0 aliphatic carbocycles. The minimum atomic E-state index is -0.118. The van der Waals surface area contributed by atoms with Gasteiger partial charge in [0.05, 0.1) is 12.4 Å². The quantitative estimate of drug-likeness (QED) is 0.205. The Morgan fingerprint density at radius 3 is 2.44 bits per heavy atom. The Balaban J connectivity index is 2.07. The number of unbranched alkanes of at least 4 members (excludes halogenated alkanes) is 8. The van der Waals surface area contributed by atoms with E-state index in [0.29, 0.717) is 21.7 Å². The molecule has 0 radical (unpaired) electrons. The van der Waals surface area contributed by atoms with E-state index in [1.165, 1.54) is 70.1 Å². The van der Waals surface area contributed by atoms with Crippen LogP contribution in [0.5, 0.6) is 5.88 Å². The monoisotopic (exact) mass is 509 g/mol. The molecule has 11 heteroatoms. The molecule has 0 saturated carbocycles. The van der Waals surface area contributed by atoms with Gasteiger partial charge in [0.1, 0.15) is 17.0 Å². The summed E-state index contributed by atoms with van der Waals surface area (Å²) in [4.78, 5) is 21.9. The molecule has 1 atom stereocenters. The molecule has 1 N–H and O–H groups in total. The molecule has 0 fully saturated rings. The standard InChI is InChI=1S/C23H39N7O2S2/c1-5-7-9-11-12-13-15-18(33-16-14-10-8-6-2)20(31)26-19-21(32-4)24-17-25-22(19)34-23-27-28-29-30(23)3/h17-18H,5-16H2,1-4H3,(H,26,31). The zero-order valence-corrected chi connectivity index (χ0v) is 22.6. The van der Waals surface area contributed by atoms with Gasteiger partial charge in [0.15, 0.2) is 0 Å². The van der Waals surface area contributed by atoms with E-state index >= 15 is 0 Å².